The van der Waals surface area contributed by atoms with Crippen molar-refractivity contribution in [1.29, 1.82) is 0 Å². The molecule has 0 fully saturated rings. The lowest BCUT2D eigenvalue weighted by molar-refractivity contribution is 0.0734. The molecule has 0 aliphatic carbocycles. The molecule has 0 spiro atoms. The van der Waals surface area contributed by atoms with Gasteiger partial charge in [0.2, 0.25) is 0 Å². The Labute approximate surface area is 185 Å². The third-order valence-electron chi connectivity index (χ3n) is 4.81. The molecule has 0 aliphatic heterocycles. The molecule has 0 unspecified atom stereocenters. The molecule has 3 nitrogen and oxygen atoms in total. The molecule has 0 amide bonds. The SMILES string of the molecule is Cc1ccc(C=Cc2ccc(-c3cc(C(C)(C)O)nn3-c3ccccc3Cl)s2)cc1. The van der Waals surface area contributed by atoms with Gasteiger partial charge in [0.15, 0.2) is 0 Å². The molecule has 0 radical (unpaired) electrons. The van der Waals surface area contributed by atoms with E-state index in [9.17, 15) is 5.11 Å². The highest BCUT2D eigenvalue weighted by molar-refractivity contribution is 7.16. The number of aryl methyl sites for hydroxylation is 1. The topological polar surface area (TPSA) is 38.1 Å². The Morgan fingerprint density at radius 3 is 2.43 bits per heavy atom. The molecule has 30 heavy (non-hydrogen) atoms. The maximum absolute atomic E-state index is 10.5. The van der Waals surface area contributed by atoms with E-state index < -0.39 is 5.60 Å². The van der Waals surface area contributed by atoms with Crippen LogP contribution in [0.3, 0.4) is 0 Å². The summed E-state index contributed by atoms with van der Waals surface area (Å²) in [4.78, 5) is 2.20. The molecule has 0 bridgehead atoms. The van der Waals surface area contributed by atoms with Crippen molar-refractivity contribution in [3.63, 3.8) is 0 Å². The number of halogens is 1. The van der Waals surface area contributed by atoms with Gasteiger partial charge >= 0.3 is 0 Å². The van der Waals surface area contributed by atoms with E-state index in [0.29, 0.717) is 10.7 Å². The van der Waals surface area contributed by atoms with E-state index in [4.69, 9.17) is 11.6 Å². The molecule has 2 aromatic heterocycles. The lowest BCUT2D eigenvalue weighted by atomic mass is 10.1. The Morgan fingerprint density at radius 2 is 1.73 bits per heavy atom. The van der Waals surface area contributed by atoms with Crippen molar-refractivity contribution in [1.82, 2.24) is 9.78 Å². The molecule has 1 N–H and O–H groups in total. The van der Waals surface area contributed by atoms with Crippen molar-refractivity contribution in [2.75, 3.05) is 0 Å². The molecular formula is C25H23ClN2OS. The highest BCUT2D eigenvalue weighted by Gasteiger charge is 2.24. The van der Waals surface area contributed by atoms with Crippen molar-refractivity contribution in [3.05, 3.63) is 93.5 Å². The van der Waals surface area contributed by atoms with E-state index in [1.807, 2.05) is 35.0 Å². The van der Waals surface area contributed by atoms with E-state index in [2.05, 4.69) is 60.6 Å². The molecule has 0 saturated carbocycles. The van der Waals surface area contributed by atoms with Crippen LogP contribution in [0, 0.1) is 6.92 Å². The van der Waals surface area contributed by atoms with Crippen LogP contribution in [0.5, 0.6) is 0 Å². The van der Waals surface area contributed by atoms with Gasteiger partial charge in [0.1, 0.15) is 5.60 Å². The predicted octanol–water partition coefficient (Wildman–Crippen LogP) is 6.96. The van der Waals surface area contributed by atoms with Gasteiger partial charge in [0, 0.05) is 4.88 Å². The molecular weight excluding hydrogens is 412 g/mol. The van der Waals surface area contributed by atoms with Crippen LogP contribution in [0.4, 0.5) is 0 Å². The second kappa shape index (κ2) is 8.23. The second-order valence-electron chi connectivity index (χ2n) is 7.78. The van der Waals surface area contributed by atoms with Crippen molar-refractivity contribution in [3.8, 4) is 16.3 Å². The minimum absolute atomic E-state index is 0.600. The summed E-state index contributed by atoms with van der Waals surface area (Å²) in [5.74, 6) is 0. The standard InChI is InChI=1S/C25H23ClN2OS/c1-17-8-10-18(11-9-17)12-13-19-14-15-23(30-19)22-16-24(25(2,3)29)27-28(22)21-7-5-4-6-20(21)26/h4-16,29H,1-3H3. The van der Waals surface area contributed by atoms with Crippen LogP contribution in [0.25, 0.3) is 28.4 Å². The highest BCUT2D eigenvalue weighted by atomic mass is 35.5. The van der Waals surface area contributed by atoms with Crippen molar-refractivity contribution >= 4 is 35.1 Å². The number of nitrogens with zero attached hydrogens (tertiary/aromatic N) is 2. The van der Waals surface area contributed by atoms with Crippen LogP contribution in [0.1, 0.15) is 35.5 Å². The molecule has 5 heteroatoms. The first-order chi connectivity index (χ1) is 14.3. The Morgan fingerprint density at radius 1 is 1.00 bits per heavy atom. The van der Waals surface area contributed by atoms with Crippen molar-refractivity contribution in [2.24, 2.45) is 0 Å². The van der Waals surface area contributed by atoms with E-state index >= 15 is 0 Å². The van der Waals surface area contributed by atoms with Gasteiger partial charge in [-0.2, -0.15) is 5.10 Å². The monoisotopic (exact) mass is 434 g/mol. The number of hydrogen-bond donors (Lipinski definition) is 1. The maximum Gasteiger partial charge on any atom is 0.103 e. The summed E-state index contributed by atoms with van der Waals surface area (Å²) in [6, 6.07) is 22.2. The Hall–Kier alpha value is -2.66. The predicted molar refractivity (Wildman–Crippen MR) is 127 cm³/mol. The van der Waals surface area contributed by atoms with E-state index in [-0.39, 0.29) is 0 Å². The van der Waals surface area contributed by atoms with Gasteiger partial charge in [0.05, 0.1) is 27.0 Å². The van der Waals surface area contributed by atoms with Gasteiger partial charge in [-0.25, -0.2) is 4.68 Å². The van der Waals surface area contributed by atoms with Crippen LogP contribution < -0.4 is 0 Å². The molecule has 4 aromatic rings. The molecule has 0 atom stereocenters. The summed E-state index contributed by atoms with van der Waals surface area (Å²) in [5, 5.41) is 15.8. The maximum atomic E-state index is 10.5. The van der Waals surface area contributed by atoms with Crippen LogP contribution in [0.15, 0.2) is 66.7 Å². The Bertz CT molecular complexity index is 1200. The third-order valence-corrected chi connectivity index (χ3v) is 6.21. The summed E-state index contributed by atoms with van der Waals surface area (Å²) < 4.78 is 1.81. The fourth-order valence-electron chi connectivity index (χ4n) is 3.10. The van der Waals surface area contributed by atoms with Gasteiger partial charge in [-0.05, 0) is 62.7 Å². The summed E-state index contributed by atoms with van der Waals surface area (Å²) >= 11 is 8.12. The van der Waals surface area contributed by atoms with Crippen LogP contribution in [0.2, 0.25) is 5.02 Å². The number of rotatable bonds is 5. The minimum Gasteiger partial charge on any atom is -0.384 e. The summed E-state index contributed by atoms with van der Waals surface area (Å²) in [7, 11) is 0. The Kier molecular flexibility index (Phi) is 5.65. The molecule has 2 aromatic carbocycles. The second-order valence-corrected chi connectivity index (χ2v) is 9.31. The average molecular weight is 435 g/mol. The number of aliphatic hydroxyl groups is 1. The van der Waals surface area contributed by atoms with Gasteiger partial charge in [-0.1, -0.05) is 59.6 Å². The molecule has 0 aliphatic rings. The normalized spacial score (nSPS) is 12.0. The fourth-order valence-corrected chi connectivity index (χ4v) is 4.23. The number of para-hydroxylation sites is 1. The van der Waals surface area contributed by atoms with Crippen LogP contribution >= 0.6 is 22.9 Å². The van der Waals surface area contributed by atoms with E-state index in [1.54, 1.807) is 25.2 Å². The largest absolute Gasteiger partial charge is 0.384 e. The van der Waals surface area contributed by atoms with Crippen LogP contribution in [-0.4, -0.2) is 14.9 Å². The van der Waals surface area contributed by atoms with E-state index in [1.165, 1.54) is 11.1 Å². The van der Waals surface area contributed by atoms with Crippen LogP contribution in [-0.2, 0) is 5.60 Å². The molecule has 0 saturated heterocycles. The molecule has 4 rings (SSSR count). The van der Waals surface area contributed by atoms with Crippen molar-refractivity contribution < 1.29 is 5.11 Å². The number of thiophene rings is 1. The first-order valence-corrected chi connectivity index (χ1v) is 10.9. The van der Waals surface area contributed by atoms with Gasteiger partial charge in [0.25, 0.3) is 0 Å². The smallest absolute Gasteiger partial charge is 0.103 e. The summed E-state index contributed by atoms with van der Waals surface area (Å²) in [6.07, 6.45) is 4.23. The number of hydrogen-bond acceptors (Lipinski definition) is 3. The fraction of sp³-hybridized carbons (Fsp3) is 0.160. The Balaban J connectivity index is 1.73. The van der Waals surface area contributed by atoms with Gasteiger partial charge < -0.3 is 5.11 Å². The summed E-state index contributed by atoms with van der Waals surface area (Å²) in [6.45, 7) is 5.56. The van der Waals surface area contributed by atoms with E-state index in [0.717, 1.165) is 21.1 Å². The number of aromatic nitrogens is 2. The zero-order valence-corrected chi connectivity index (χ0v) is 18.7. The van der Waals surface area contributed by atoms with Gasteiger partial charge in [-0.3, -0.25) is 0 Å². The quantitative estimate of drug-likeness (QED) is 0.368. The zero-order chi connectivity index (χ0) is 21.3. The van der Waals surface area contributed by atoms with Gasteiger partial charge in [-0.15, -0.1) is 11.3 Å². The number of benzene rings is 2. The third kappa shape index (κ3) is 4.41. The zero-order valence-electron chi connectivity index (χ0n) is 17.1. The minimum atomic E-state index is -1.05. The lowest BCUT2D eigenvalue weighted by Crippen LogP contribution is -2.16. The van der Waals surface area contributed by atoms with Crippen molar-refractivity contribution in [2.45, 2.75) is 26.4 Å². The molecule has 152 valence electrons. The average Bonchev–Trinajstić information content (AvgIpc) is 3.35. The lowest BCUT2D eigenvalue weighted by Gasteiger charge is -2.13. The first-order valence-electron chi connectivity index (χ1n) is 9.74. The first kappa shape index (κ1) is 20.6. The molecule has 2 heterocycles. The highest BCUT2D eigenvalue weighted by Crippen LogP contribution is 2.35. The summed E-state index contributed by atoms with van der Waals surface area (Å²) in [5.41, 5.74) is 3.66.